The fourth-order valence-electron chi connectivity index (χ4n) is 2.28. The summed E-state index contributed by atoms with van der Waals surface area (Å²) < 4.78 is 3.08. The molecule has 0 fully saturated rings. The van der Waals surface area contributed by atoms with Gasteiger partial charge < -0.3 is 10.3 Å². The third-order valence-corrected chi connectivity index (χ3v) is 4.48. The van der Waals surface area contributed by atoms with Crippen LogP contribution < -0.4 is 5.73 Å². The van der Waals surface area contributed by atoms with E-state index in [9.17, 15) is 0 Å². The van der Waals surface area contributed by atoms with E-state index >= 15 is 0 Å². The minimum Gasteiger partial charge on any atom is -0.369 e. The maximum Gasteiger partial charge on any atom is 0.201 e. The summed E-state index contributed by atoms with van der Waals surface area (Å²) in [5.74, 6) is 0.537. The summed E-state index contributed by atoms with van der Waals surface area (Å²) in [7, 11) is 0. The van der Waals surface area contributed by atoms with Crippen LogP contribution in [-0.2, 0) is 0 Å². The van der Waals surface area contributed by atoms with Gasteiger partial charge in [-0.3, -0.25) is 0 Å². The van der Waals surface area contributed by atoms with Gasteiger partial charge in [0.05, 0.1) is 17.1 Å². The highest BCUT2D eigenvalue weighted by Gasteiger charge is 2.20. The lowest BCUT2D eigenvalue weighted by molar-refractivity contribution is 0.585. The monoisotopic (exact) mass is 336 g/mol. The molecule has 1 aromatic carbocycles. The third-order valence-electron chi connectivity index (χ3n) is 3.11. The van der Waals surface area contributed by atoms with Crippen LogP contribution in [0.5, 0.6) is 0 Å². The predicted octanol–water partition coefficient (Wildman–Crippen LogP) is 3.84. The van der Waals surface area contributed by atoms with E-state index in [-0.39, 0.29) is 6.04 Å². The van der Waals surface area contributed by atoms with E-state index < -0.39 is 0 Å². The average Bonchev–Trinajstić information content (AvgIpc) is 2.99. The zero-order valence-electron chi connectivity index (χ0n) is 10.4. The summed E-state index contributed by atoms with van der Waals surface area (Å²) in [4.78, 5) is 8.85. The fraction of sp³-hybridized carbons (Fsp3) is 0.231. The van der Waals surface area contributed by atoms with Crippen LogP contribution in [0.15, 0.2) is 34.2 Å². The molecule has 0 spiro atoms. The molecule has 2 aromatic heterocycles. The van der Waals surface area contributed by atoms with E-state index in [0.29, 0.717) is 5.95 Å². The Hall–Kier alpha value is -1.40. The highest BCUT2D eigenvalue weighted by molar-refractivity contribution is 9.10. The Bertz CT molecular complexity index is 705. The molecule has 0 amide bonds. The molecule has 98 valence electrons. The molecule has 3 rings (SSSR count). The van der Waals surface area contributed by atoms with E-state index in [1.165, 1.54) is 0 Å². The van der Waals surface area contributed by atoms with Crippen LogP contribution in [-0.4, -0.2) is 14.5 Å². The van der Waals surface area contributed by atoms with Crippen LogP contribution in [0.4, 0.5) is 5.95 Å². The molecular weight excluding hydrogens is 324 g/mol. The molecule has 1 unspecified atom stereocenters. The molecule has 0 saturated carbocycles. The van der Waals surface area contributed by atoms with Crippen molar-refractivity contribution in [2.24, 2.45) is 0 Å². The molecule has 0 saturated heterocycles. The van der Waals surface area contributed by atoms with Gasteiger partial charge in [-0.05, 0) is 24.6 Å². The summed E-state index contributed by atoms with van der Waals surface area (Å²) in [5, 5.41) is 3.06. The minimum absolute atomic E-state index is 0.145. The van der Waals surface area contributed by atoms with E-state index in [0.717, 1.165) is 26.9 Å². The van der Waals surface area contributed by atoms with Crippen LogP contribution in [0.3, 0.4) is 0 Å². The average molecular weight is 337 g/mol. The van der Waals surface area contributed by atoms with Gasteiger partial charge in [0.25, 0.3) is 0 Å². The van der Waals surface area contributed by atoms with Crippen LogP contribution in [0.1, 0.15) is 24.4 Å². The second-order valence-corrected chi connectivity index (χ2v) is 6.11. The van der Waals surface area contributed by atoms with E-state index in [1.807, 2.05) is 29.8 Å². The summed E-state index contributed by atoms with van der Waals surface area (Å²) in [5.41, 5.74) is 8.05. The number of hydrogen-bond donors (Lipinski definition) is 1. The van der Waals surface area contributed by atoms with E-state index in [4.69, 9.17) is 5.73 Å². The quantitative estimate of drug-likeness (QED) is 0.790. The van der Waals surface area contributed by atoms with Crippen LogP contribution in [0.25, 0.3) is 11.0 Å². The fourth-order valence-corrected chi connectivity index (χ4v) is 3.45. The summed E-state index contributed by atoms with van der Waals surface area (Å²) in [6.45, 7) is 2.14. The maximum absolute atomic E-state index is 6.10. The molecule has 3 aromatic rings. The molecule has 1 atom stereocenters. The van der Waals surface area contributed by atoms with E-state index in [1.54, 1.807) is 11.3 Å². The first-order valence-electron chi connectivity index (χ1n) is 6.03. The smallest absolute Gasteiger partial charge is 0.201 e. The van der Waals surface area contributed by atoms with Gasteiger partial charge in [-0.15, -0.1) is 11.3 Å². The van der Waals surface area contributed by atoms with E-state index in [2.05, 4.69) is 37.4 Å². The first-order valence-corrected chi connectivity index (χ1v) is 7.70. The van der Waals surface area contributed by atoms with Crippen molar-refractivity contribution in [3.63, 3.8) is 0 Å². The number of aromatic nitrogens is 3. The zero-order valence-corrected chi connectivity index (χ0v) is 12.8. The number of nitrogen functional groups attached to an aromatic ring is 1. The van der Waals surface area contributed by atoms with Crippen molar-refractivity contribution in [1.29, 1.82) is 0 Å². The van der Waals surface area contributed by atoms with Crippen LogP contribution >= 0.6 is 27.3 Å². The van der Waals surface area contributed by atoms with Gasteiger partial charge in [0.15, 0.2) is 0 Å². The number of benzene rings is 1. The molecule has 4 nitrogen and oxygen atoms in total. The highest BCUT2D eigenvalue weighted by atomic mass is 79.9. The topological polar surface area (TPSA) is 56.7 Å². The van der Waals surface area contributed by atoms with Gasteiger partial charge in [-0.25, -0.2) is 9.97 Å². The number of rotatable bonds is 3. The SMILES string of the molecule is CCC(c1nccs1)n1c(N)nc2cc(Br)ccc21. The number of thiazole rings is 1. The largest absolute Gasteiger partial charge is 0.369 e. The number of fused-ring (bicyclic) bond motifs is 1. The molecule has 2 N–H and O–H groups in total. The standard InChI is InChI=1S/C13H13BrN4S/c1-2-10(12-16-5-6-19-12)18-11-4-3-8(14)7-9(11)17-13(18)15/h3-7,10H,2H2,1H3,(H2,15,17). The van der Waals surface area contributed by atoms with Gasteiger partial charge in [0.1, 0.15) is 5.01 Å². The van der Waals surface area contributed by atoms with Crippen molar-refractivity contribution < 1.29 is 0 Å². The molecule has 0 aliphatic rings. The Labute approximate surface area is 123 Å². The van der Waals surface area contributed by atoms with Crippen LogP contribution in [0, 0.1) is 0 Å². The lowest BCUT2D eigenvalue weighted by Crippen LogP contribution is -2.12. The Morgan fingerprint density at radius 2 is 2.32 bits per heavy atom. The number of halogens is 1. The van der Waals surface area contributed by atoms with Crippen molar-refractivity contribution in [2.75, 3.05) is 5.73 Å². The van der Waals surface area contributed by atoms with Crippen molar-refractivity contribution >= 4 is 44.2 Å². The van der Waals surface area contributed by atoms with Gasteiger partial charge in [0.2, 0.25) is 5.95 Å². The number of anilines is 1. The molecule has 0 aliphatic heterocycles. The molecular formula is C13H13BrN4S. The number of nitrogens with zero attached hydrogens (tertiary/aromatic N) is 3. The number of imidazole rings is 1. The number of nitrogens with two attached hydrogens (primary N) is 1. The molecule has 0 bridgehead atoms. The summed E-state index contributed by atoms with van der Waals surface area (Å²) in [6, 6.07) is 6.18. The maximum atomic E-state index is 6.10. The van der Waals surface area contributed by atoms with Gasteiger partial charge in [-0.2, -0.15) is 0 Å². The number of hydrogen-bond acceptors (Lipinski definition) is 4. The zero-order chi connectivity index (χ0) is 13.4. The third kappa shape index (κ3) is 2.15. The highest BCUT2D eigenvalue weighted by Crippen LogP contribution is 2.31. The molecule has 19 heavy (non-hydrogen) atoms. The van der Waals surface area contributed by atoms with Crippen molar-refractivity contribution in [1.82, 2.24) is 14.5 Å². The molecule has 0 radical (unpaired) electrons. The second kappa shape index (κ2) is 4.94. The van der Waals surface area contributed by atoms with Crippen molar-refractivity contribution in [3.8, 4) is 0 Å². The molecule has 0 aliphatic carbocycles. The Kier molecular flexibility index (Phi) is 3.28. The summed E-state index contributed by atoms with van der Waals surface area (Å²) in [6.07, 6.45) is 2.76. The Balaban J connectivity index is 2.21. The summed E-state index contributed by atoms with van der Waals surface area (Å²) >= 11 is 5.11. The van der Waals surface area contributed by atoms with Crippen molar-refractivity contribution in [2.45, 2.75) is 19.4 Å². The van der Waals surface area contributed by atoms with Gasteiger partial charge in [0, 0.05) is 16.0 Å². The van der Waals surface area contributed by atoms with Gasteiger partial charge in [-0.1, -0.05) is 22.9 Å². The molecule has 2 heterocycles. The minimum atomic E-state index is 0.145. The first-order chi connectivity index (χ1) is 9.20. The molecule has 6 heteroatoms. The lowest BCUT2D eigenvalue weighted by atomic mass is 10.2. The normalized spacial score (nSPS) is 12.9. The second-order valence-electron chi connectivity index (χ2n) is 4.27. The predicted molar refractivity (Wildman–Crippen MR) is 82.4 cm³/mol. The van der Waals surface area contributed by atoms with Crippen LogP contribution in [0.2, 0.25) is 0 Å². The van der Waals surface area contributed by atoms with Gasteiger partial charge >= 0.3 is 0 Å². The lowest BCUT2D eigenvalue weighted by Gasteiger charge is -2.16. The van der Waals surface area contributed by atoms with Crippen molar-refractivity contribution in [3.05, 3.63) is 39.3 Å². The first kappa shape index (κ1) is 12.6. The Morgan fingerprint density at radius 1 is 1.47 bits per heavy atom. The Morgan fingerprint density at radius 3 is 3.00 bits per heavy atom.